The Morgan fingerprint density at radius 3 is 1.61 bits per heavy atom. The van der Waals surface area contributed by atoms with Gasteiger partial charge >= 0.3 is 5.97 Å². The number of hydrogen-bond acceptors (Lipinski definition) is 3. The lowest BCUT2D eigenvalue weighted by molar-refractivity contribution is -0.339. The second kappa shape index (κ2) is 5.91. The van der Waals surface area contributed by atoms with Gasteiger partial charge in [0.15, 0.2) is 0 Å². The van der Waals surface area contributed by atoms with E-state index < -0.39 is 5.79 Å². The Morgan fingerprint density at radius 1 is 0.913 bits per heavy atom. The molecule has 2 bridgehead atoms. The highest BCUT2D eigenvalue weighted by molar-refractivity contribution is 5.87. The van der Waals surface area contributed by atoms with Crippen LogP contribution in [0.3, 0.4) is 0 Å². The molecule has 0 aromatic rings. The van der Waals surface area contributed by atoms with Gasteiger partial charge in [0.05, 0.1) is 6.10 Å². The predicted octanol–water partition coefficient (Wildman–Crippen LogP) is 5.10. The van der Waals surface area contributed by atoms with Gasteiger partial charge in [-0.05, 0) is 44.4 Å². The first-order valence-electron chi connectivity index (χ1n) is 8.96. The molecule has 0 N–H and O–H groups in total. The van der Waals surface area contributed by atoms with Gasteiger partial charge < -0.3 is 9.47 Å². The molecule has 2 aliphatic carbocycles. The first kappa shape index (κ1) is 18.5. The zero-order chi connectivity index (χ0) is 17.6. The number of ether oxygens (including phenoxy) is 2. The molecule has 0 aromatic heterocycles. The van der Waals surface area contributed by atoms with E-state index in [4.69, 9.17) is 9.47 Å². The Balaban J connectivity index is 2.40. The molecule has 0 aromatic carbocycles. The molecule has 0 radical (unpaired) electrons. The lowest BCUT2D eigenvalue weighted by Gasteiger charge is -2.52. The van der Waals surface area contributed by atoms with Crippen LogP contribution in [0.4, 0.5) is 0 Å². The molecule has 0 amide bonds. The van der Waals surface area contributed by atoms with Gasteiger partial charge in [-0.25, -0.2) is 4.79 Å². The van der Waals surface area contributed by atoms with E-state index in [0.29, 0.717) is 17.4 Å². The van der Waals surface area contributed by atoms with Crippen LogP contribution in [0, 0.1) is 22.7 Å². The second-order valence-corrected chi connectivity index (χ2v) is 9.54. The Hall–Kier alpha value is -0.830. The van der Waals surface area contributed by atoms with Crippen LogP contribution in [-0.2, 0) is 14.3 Å². The first-order chi connectivity index (χ1) is 10.4. The number of fused-ring (bicyclic) bond motifs is 2. The third kappa shape index (κ3) is 3.22. The highest BCUT2D eigenvalue weighted by Crippen LogP contribution is 2.54. The third-order valence-electron chi connectivity index (χ3n) is 5.61. The van der Waals surface area contributed by atoms with Crippen LogP contribution in [0.2, 0.25) is 0 Å². The minimum Gasteiger partial charge on any atom is -0.429 e. The van der Waals surface area contributed by atoms with Crippen LogP contribution in [0.1, 0.15) is 74.1 Å². The van der Waals surface area contributed by atoms with Gasteiger partial charge in [-0.2, -0.15) is 0 Å². The maximum absolute atomic E-state index is 12.4. The molecular formula is C20H34O3. The summed E-state index contributed by atoms with van der Waals surface area (Å²) in [4.78, 5) is 12.4. The van der Waals surface area contributed by atoms with Crippen molar-refractivity contribution in [1.29, 1.82) is 0 Å². The van der Waals surface area contributed by atoms with Gasteiger partial charge in [0, 0.05) is 16.4 Å². The van der Waals surface area contributed by atoms with Crippen molar-refractivity contribution in [3.8, 4) is 0 Å². The fourth-order valence-electron chi connectivity index (χ4n) is 4.60. The van der Waals surface area contributed by atoms with E-state index in [1.165, 1.54) is 25.7 Å². The summed E-state index contributed by atoms with van der Waals surface area (Å²) < 4.78 is 12.8. The van der Waals surface area contributed by atoms with Crippen molar-refractivity contribution in [2.24, 2.45) is 22.7 Å². The summed E-state index contributed by atoms with van der Waals surface area (Å²) in [6.07, 6.45) is 5.19. The lowest BCUT2D eigenvalue weighted by atomic mass is 9.70. The van der Waals surface area contributed by atoms with Crippen LogP contribution < -0.4 is 0 Å². The molecule has 2 aliphatic rings. The van der Waals surface area contributed by atoms with Crippen molar-refractivity contribution in [2.45, 2.75) is 86.0 Å². The predicted molar refractivity (Wildman–Crippen MR) is 92.9 cm³/mol. The van der Waals surface area contributed by atoms with E-state index in [9.17, 15) is 4.79 Å². The standard InChI is InChI=1S/C20H34O3/c1-13(2)17(21)23-20(18(3,4)5,19(6,7)8)22-16-14-9-10-15(16)12-11-14/h14-16H,1,9-12H2,2-8H3. The quantitative estimate of drug-likeness (QED) is 0.410. The van der Waals surface area contributed by atoms with Crippen molar-refractivity contribution in [3.05, 3.63) is 12.2 Å². The highest BCUT2D eigenvalue weighted by atomic mass is 16.7. The fourth-order valence-corrected chi connectivity index (χ4v) is 4.60. The summed E-state index contributed by atoms with van der Waals surface area (Å²) in [5.41, 5.74) is -0.252. The zero-order valence-corrected chi connectivity index (χ0v) is 16.0. The SMILES string of the molecule is C=C(C)C(=O)OC(OC1C2CCC1CC2)(C(C)(C)C)C(C)(C)C. The molecule has 0 saturated heterocycles. The van der Waals surface area contributed by atoms with Crippen molar-refractivity contribution in [2.75, 3.05) is 0 Å². The van der Waals surface area contributed by atoms with Crippen molar-refractivity contribution in [3.63, 3.8) is 0 Å². The summed E-state index contributed by atoms with van der Waals surface area (Å²) in [5, 5.41) is 0. The number of hydrogen-bond donors (Lipinski definition) is 0. The molecule has 2 saturated carbocycles. The van der Waals surface area contributed by atoms with E-state index in [1.807, 2.05) is 0 Å². The minimum atomic E-state index is -0.966. The molecule has 3 nitrogen and oxygen atoms in total. The molecule has 2 fully saturated rings. The van der Waals surface area contributed by atoms with Gasteiger partial charge in [-0.1, -0.05) is 48.1 Å². The molecule has 3 heteroatoms. The average molecular weight is 322 g/mol. The van der Waals surface area contributed by atoms with Gasteiger partial charge in [-0.3, -0.25) is 0 Å². The van der Waals surface area contributed by atoms with Crippen LogP contribution in [0.5, 0.6) is 0 Å². The van der Waals surface area contributed by atoms with E-state index in [1.54, 1.807) is 6.92 Å². The number of rotatable bonds is 4. The van der Waals surface area contributed by atoms with E-state index >= 15 is 0 Å². The Morgan fingerprint density at radius 2 is 1.30 bits per heavy atom. The average Bonchev–Trinajstić information content (AvgIpc) is 2.94. The molecule has 0 spiro atoms. The van der Waals surface area contributed by atoms with Crippen LogP contribution >= 0.6 is 0 Å². The van der Waals surface area contributed by atoms with Crippen molar-refractivity contribution in [1.82, 2.24) is 0 Å². The van der Waals surface area contributed by atoms with Gasteiger partial charge in [0.1, 0.15) is 0 Å². The minimum absolute atomic E-state index is 0.214. The van der Waals surface area contributed by atoms with Crippen LogP contribution in [0.25, 0.3) is 0 Å². The summed E-state index contributed by atoms with van der Waals surface area (Å²) >= 11 is 0. The van der Waals surface area contributed by atoms with E-state index in [2.05, 4.69) is 48.1 Å². The second-order valence-electron chi connectivity index (χ2n) is 9.54. The van der Waals surface area contributed by atoms with Gasteiger partial charge in [0.2, 0.25) is 5.79 Å². The first-order valence-corrected chi connectivity index (χ1v) is 8.96. The Labute approximate surface area is 141 Å². The van der Waals surface area contributed by atoms with Crippen molar-refractivity contribution >= 4 is 5.97 Å². The van der Waals surface area contributed by atoms with Crippen LogP contribution in [-0.4, -0.2) is 17.9 Å². The zero-order valence-electron chi connectivity index (χ0n) is 16.0. The molecule has 132 valence electrons. The molecular weight excluding hydrogens is 288 g/mol. The maximum atomic E-state index is 12.4. The topological polar surface area (TPSA) is 35.5 Å². The largest absolute Gasteiger partial charge is 0.429 e. The molecule has 2 rings (SSSR count). The number of carbonyl (C=O) groups excluding carboxylic acids is 1. The number of esters is 1. The molecule has 0 aliphatic heterocycles. The fraction of sp³-hybridized carbons (Fsp3) is 0.850. The molecule has 23 heavy (non-hydrogen) atoms. The van der Waals surface area contributed by atoms with Crippen LogP contribution in [0.15, 0.2) is 12.2 Å². The Bertz CT molecular complexity index is 444. The Kier molecular flexibility index (Phi) is 4.76. The molecule has 0 atom stereocenters. The van der Waals surface area contributed by atoms with E-state index in [-0.39, 0.29) is 22.9 Å². The maximum Gasteiger partial charge on any atom is 0.335 e. The van der Waals surface area contributed by atoms with Gasteiger partial charge in [-0.15, -0.1) is 0 Å². The van der Waals surface area contributed by atoms with Crippen molar-refractivity contribution < 1.29 is 14.3 Å². The van der Waals surface area contributed by atoms with E-state index in [0.717, 1.165) is 0 Å². The third-order valence-corrected chi connectivity index (χ3v) is 5.61. The normalized spacial score (nSPS) is 28.0. The summed E-state index contributed by atoms with van der Waals surface area (Å²) in [7, 11) is 0. The smallest absolute Gasteiger partial charge is 0.335 e. The summed E-state index contributed by atoms with van der Waals surface area (Å²) in [6.45, 7) is 18.0. The lowest BCUT2D eigenvalue weighted by Crippen LogP contribution is -2.60. The summed E-state index contributed by atoms with van der Waals surface area (Å²) in [6, 6.07) is 0. The monoisotopic (exact) mass is 322 g/mol. The molecule has 0 unspecified atom stereocenters. The molecule has 0 heterocycles. The number of carbonyl (C=O) groups is 1. The highest BCUT2D eigenvalue weighted by Gasteiger charge is 2.59. The summed E-state index contributed by atoms with van der Waals surface area (Å²) in [5.74, 6) is -0.0910. The van der Waals surface area contributed by atoms with Gasteiger partial charge in [0.25, 0.3) is 0 Å².